The molecule has 0 unspecified atom stereocenters. The summed E-state index contributed by atoms with van der Waals surface area (Å²) in [7, 11) is 0. The van der Waals surface area contributed by atoms with Crippen LogP contribution in [0.15, 0.2) is 65.1 Å². The third-order valence-electron chi connectivity index (χ3n) is 3.91. The standard InChI is InChI=1S/C21H21NO3/c1-3-16-6-8-17(9-7-16)22-21(23)20-13-12-19(25-20)14-24-18-10-4-15(2)5-11-18/h4-13H,3,14H2,1-2H3,(H,22,23). The molecule has 0 radical (unpaired) electrons. The van der Waals surface area contributed by atoms with Crippen LogP contribution in [0.3, 0.4) is 0 Å². The van der Waals surface area contributed by atoms with Gasteiger partial charge < -0.3 is 14.5 Å². The second-order valence-electron chi connectivity index (χ2n) is 5.87. The Labute approximate surface area is 147 Å². The molecule has 0 aliphatic rings. The zero-order valence-corrected chi connectivity index (χ0v) is 14.4. The molecule has 1 aromatic heterocycles. The fraction of sp³-hybridized carbons (Fsp3) is 0.190. The van der Waals surface area contributed by atoms with Gasteiger partial charge >= 0.3 is 0 Å². The van der Waals surface area contributed by atoms with E-state index >= 15 is 0 Å². The number of rotatable bonds is 6. The molecular formula is C21H21NO3. The average Bonchev–Trinajstić information content (AvgIpc) is 3.11. The fourth-order valence-electron chi connectivity index (χ4n) is 2.38. The molecule has 3 aromatic rings. The predicted molar refractivity (Wildman–Crippen MR) is 98.0 cm³/mol. The van der Waals surface area contributed by atoms with Gasteiger partial charge in [0.15, 0.2) is 5.76 Å². The molecule has 4 nitrogen and oxygen atoms in total. The van der Waals surface area contributed by atoms with E-state index in [1.54, 1.807) is 12.1 Å². The first kappa shape index (κ1) is 16.8. The molecule has 0 aliphatic heterocycles. The number of hydrogen-bond donors (Lipinski definition) is 1. The van der Waals surface area contributed by atoms with Gasteiger partial charge in [-0.2, -0.15) is 0 Å². The van der Waals surface area contributed by atoms with Gasteiger partial charge in [0.1, 0.15) is 18.1 Å². The largest absolute Gasteiger partial charge is 0.486 e. The van der Waals surface area contributed by atoms with Crippen LogP contribution < -0.4 is 10.1 Å². The highest BCUT2D eigenvalue weighted by molar-refractivity contribution is 6.02. The van der Waals surface area contributed by atoms with Crippen molar-refractivity contribution in [2.75, 3.05) is 5.32 Å². The molecule has 2 aromatic carbocycles. The molecule has 3 rings (SSSR count). The van der Waals surface area contributed by atoms with Crippen molar-refractivity contribution in [1.82, 2.24) is 0 Å². The van der Waals surface area contributed by atoms with Gasteiger partial charge in [-0.05, 0) is 55.3 Å². The Hall–Kier alpha value is -3.01. The zero-order chi connectivity index (χ0) is 17.6. The molecule has 0 fully saturated rings. The highest BCUT2D eigenvalue weighted by Crippen LogP contribution is 2.17. The number of anilines is 1. The monoisotopic (exact) mass is 335 g/mol. The summed E-state index contributed by atoms with van der Waals surface area (Å²) in [5, 5.41) is 2.83. The van der Waals surface area contributed by atoms with Gasteiger partial charge in [-0.25, -0.2) is 0 Å². The van der Waals surface area contributed by atoms with Crippen molar-refractivity contribution in [3.63, 3.8) is 0 Å². The third-order valence-corrected chi connectivity index (χ3v) is 3.91. The summed E-state index contributed by atoms with van der Waals surface area (Å²) >= 11 is 0. The minimum Gasteiger partial charge on any atom is -0.486 e. The number of carbonyl (C=O) groups is 1. The topological polar surface area (TPSA) is 51.5 Å². The Morgan fingerprint density at radius 1 is 1.00 bits per heavy atom. The average molecular weight is 335 g/mol. The van der Waals surface area contributed by atoms with Crippen LogP contribution in [0.5, 0.6) is 5.75 Å². The van der Waals surface area contributed by atoms with Crippen LogP contribution in [-0.2, 0) is 13.0 Å². The number of furan rings is 1. The van der Waals surface area contributed by atoms with Gasteiger partial charge in [-0.1, -0.05) is 36.8 Å². The predicted octanol–water partition coefficient (Wildman–Crippen LogP) is 4.98. The van der Waals surface area contributed by atoms with E-state index in [1.807, 2.05) is 55.5 Å². The van der Waals surface area contributed by atoms with Gasteiger partial charge in [-0.15, -0.1) is 0 Å². The van der Waals surface area contributed by atoms with E-state index in [4.69, 9.17) is 9.15 Å². The van der Waals surface area contributed by atoms with Crippen molar-refractivity contribution in [3.05, 3.63) is 83.3 Å². The maximum Gasteiger partial charge on any atom is 0.291 e. The molecule has 25 heavy (non-hydrogen) atoms. The number of amides is 1. The van der Waals surface area contributed by atoms with Crippen molar-refractivity contribution in [2.24, 2.45) is 0 Å². The van der Waals surface area contributed by atoms with Crippen molar-refractivity contribution in [3.8, 4) is 5.75 Å². The summed E-state index contributed by atoms with van der Waals surface area (Å²) in [6.45, 7) is 4.40. The lowest BCUT2D eigenvalue weighted by Crippen LogP contribution is -2.10. The highest BCUT2D eigenvalue weighted by Gasteiger charge is 2.12. The molecule has 0 aliphatic carbocycles. The Morgan fingerprint density at radius 3 is 2.40 bits per heavy atom. The van der Waals surface area contributed by atoms with Crippen LogP contribution >= 0.6 is 0 Å². The van der Waals surface area contributed by atoms with E-state index in [1.165, 1.54) is 11.1 Å². The van der Waals surface area contributed by atoms with Gasteiger partial charge in [-0.3, -0.25) is 4.79 Å². The fourth-order valence-corrected chi connectivity index (χ4v) is 2.38. The molecular weight excluding hydrogens is 314 g/mol. The van der Waals surface area contributed by atoms with Gasteiger partial charge in [0.25, 0.3) is 5.91 Å². The van der Waals surface area contributed by atoms with Crippen molar-refractivity contribution in [1.29, 1.82) is 0 Å². The molecule has 0 spiro atoms. The number of aryl methyl sites for hydroxylation is 2. The molecule has 0 atom stereocenters. The number of nitrogens with one attached hydrogen (secondary N) is 1. The Morgan fingerprint density at radius 2 is 1.72 bits per heavy atom. The quantitative estimate of drug-likeness (QED) is 0.691. The maximum absolute atomic E-state index is 12.2. The van der Waals surface area contributed by atoms with Crippen molar-refractivity contribution >= 4 is 11.6 Å². The second kappa shape index (κ2) is 7.71. The van der Waals surface area contributed by atoms with Gasteiger partial charge in [0.2, 0.25) is 0 Å². The molecule has 1 heterocycles. The van der Waals surface area contributed by atoms with Crippen LogP contribution in [0.25, 0.3) is 0 Å². The van der Waals surface area contributed by atoms with Crippen LogP contribution in [-0.4, -0.2) is 5.91 Å². The van der Waals surface area contributed by atoms with Crippen LogP contribution in [0.4, 0.5) is 5.69 Å². The van der Waals surface area contributed by atoms with Gasteiger partial charge in [0, 0.05) is 5.69 Å². The first-order chi connectivity index (χ1) is 12.1. The van der Waals surface area contributed by atoms with E-state index in [9.17, 15) is 4.79 Å². The molecule has 0 saturated heterocycles. The van der Waals surface area contributed by atoms with E-state index in [0.29, 0.717) is 5.76 Å². The second-order valence-corrected chi connectivity index (χ2v) is 5.87. The highest BCUT2D eigenvalue weighted by atomic mass is 16.5. The molecule has 1 N–H and O–H groups in total. The summed E-state index contributed by atoms with van der Waals surface area (Å²) in [6, 6.07) is 19.0. The molecule has 4 heteroatoms. The van der Waals surface area contributed by atoms with E-state index in [-0.39, 0.29) is 18.3 Å². The lowest BCUT2D eigenvalue weighted by Gasteiger charge is -2.05. The minimum absolute atomic E-state index is 0.266. The Balaban J connectivity index is 1.58. The van der Waals surface area contributed by atoms with Crippen molar-refractivity contribution in [2.45, 2.75) is 26.9 Å². The number of carbonyl (C=O) groups excluding carboxylic acids is 1. The normalized spacial score (nSPS) is 10.5. The first-order valence-corrected chi connectivity index (χ1v) is 8.32. The first-order valence-electron chi connectivity index (χ1n) is 8.32. The van der Waals surface area contributed by atoms with Crippen LogP contribution in [0, 0.1) is 6.92 Å². The summed E-state index contributed by atoms with van der Waals surface area (Å²) in [5.41, 5.74) is 3.15. The van der Waals surface area contributed by atoms with Crippen molar-refractivity contribution < 1.29 is 13.9 Å². The number of ether oxygens (including phenoxy) is 1. The third kappa shape index (κ3) is 4.51. The minimum atomic E-state index is -0.272. The smallest absolute Gasteiger partial charge is 0.291 e. The van der Waals surface area contributed by atoms with Crippen LogP contribution in [0.2, 0.25) is 0 Å². The Kier molecular flexibility index (Phi) is 5.19. The van der Waals surface area contributed by atoms with Crippen LogP contribution in [0.1, 0.15) is 34.4 Å². The molecule has 0 bridgehead atoms. The Bertz CT molecular complexity index is 832. The lowest BCUT2D eigenvalue weighted by atomic mass is 10.1. The summed E-state index contributed by atoms with van der Waals surface area (Å²) in [6.07, 6.45) is 0.969. The number of hydrogen-bond acceptors (Lipinski definition) is 3. The summed E-state index contributed by atoms with van der Waals surface area (Å²) in [5.74, 6) is 1.36. The van der Waals surface area contributed by atoms with Gasteiger partial charge in [0.05, 0.1) is 0 Å². The molecule has 128 valence electrons. The SMILES string of the molecule is CCc1ccc(NC(=O)c2ccc(COc3ccc(C)cc3)o2)cc1. The zero-order valence-electron chi connectivity index (χ0n) is 14.4. The maximum atomic E-state index is 12.2. The molecule has 1 amide bonds. The summed E-state index contributed by atoms with van der Waals surface area (Å²) in [4.78, 5) is 12.2. The lowest BCUT2D eigenvalue weighted by molar-refractivity contribution is 0.0992. The molecule has 0 saturated carbocycles. The number of benzene rings is 2. The van der Waals surface area contributed by atoms with E-state index in [2.05, 4.69) is 12.2 Å². The van der Waals surface area contributed by atoms with E-state index < -0.39 is 0 Å². The summed E-state index contributed by atoms with van der Waals surface area (Å²) < 4.78 is 11.2. The van der Waals surface area contributed by atoms with E-state index in [0.717, 1.165) is 17.9 Å².